The van der Waals surface area contributed by atoms with Crippen LogP contribution in [0.1, 0.15) is 51.9 Å². The van der Waals surface area contributed by atoms with Crippen LogP contribution < -0.4 is 5.32 Å². The van der Waals surface area contributed by atoms with Gasteiger partial charge in [-0.25, -0.2) is 0 Å². The SMILES string of the molecule is CC1(C(=O)NC2CCCC2CO)CCCC1. The molecule has 3 heteroatoms. The number of rotatable bonds is 3. The molecule has 16 heavy (non-hydrogen) atoms. The molecule has 2 N–H and O–H groups in total. The second-order valence-electron chi connectivity index (χ2n) is 5.72. The molecule has 0 radical (unpaired) electrons. The van der Waals surface area contributed by atoms with Crippen LogP contribution in [0, 0.1) is 11.3 Å². The highest BCUT2D eigenvalue weighted by Crippen LogP contribution is 2.38. The van der Waals surface area contributed by atoms with E-state index in [0.717, 1.165) is 32.1 Å². The minimum Gasteiger partial charge on any atom is -0.396 e. The molecule has 0 saturated heterocycles. The fourth-order valence-electron chi connectivity index (χ4n) is 3.17. The average Bonchev–Trinajstić information content (AvgIpc) is 2.87. The highest BCUT2D eigenvalue weighted by atomic mass is 16.3. The first-order valence-corrected chi connectivity index (χ1v) is 6.57. The van der Waals surface area contributed by atoms with Gasteiger partial charge in [-0.3, -0.25) is 4.79 Å². The summed E-state index contributed by atoms with van der Waals surface area (Å²) in [5.74, 6) is 0.504. The second-order valence-corrected chi connectivity index (χ2v) is 5.72. The Labute approximate surface area is 97.6 Å². The minimum absolute atomic E-state index is 0.136. The van der Waals surface area contributed by atoms with E-state index in [1.54, 1.807) is 0 Å². The molecule has 2 rings (SSSR count). The Bertz CT molecular complexity index is 259. The maximum absolute atomic E-state index is 12.2. The van der Waals surface area contributed by atoms with Crippen LogP contribution in [0.4, 0.5) is 0 Å². The quantitative estimate of drug-likeness (QED) is 0.770. The molecular weight excluding hydrogens is 202 g/mol. The number of carbonyl (C=O) groups excluding carboxylic acids is 1. The lowest BCUT2D eigenvalue weighted by atomic mass is 9.87. The maximum atomic E-state index is 12.2. The molecule has 2 unspecified atom stereocenters. The van der Waals surface area contributed by atoms with Crippen LogP contribution in [-0.2, 0) is 4.79 Å². The van der Waals surface area contributed by atoms with E-state index in [9.17, 15) is 9.90 Å². The molecule has 0 bridgehead atoms. The van der Waals surface area contributed by atoms with E-state index < -0.39 is 0 Å². The van der Waals surface area contributed by atoms with E-state index in [1.165, 1.54) is 12.8 Å². The lowest BCUT2D eigenvalue weighted by Crippen LogP contribution is -2.45. The first-order valence-electron chi connectivity index (χ1n) is 6.57. The van der Waals surface area contributed by atoms with Crippen molar-refractivity contribution in [1.29, 1.82) is 0 Å². The minimum atomic E-state index is -0.136. The van der Waals surface area contributed by atoms with Gasteiger partial charge in [-0.15, -0.1) is 0 Å². The Morgan fingerprint density at radius 2 is 2.00 bits per heavy atom. The normalized spacial score (nSPS) is 32.9. The molecule has 2 fully saturated rings. The zero-order valence-corrected chi connectivity index (χ0v) is 10.2. The van der Waals surface area contributed by atoms with Crippen LogP contribution >= 0.6 is 0 Å². The van der Waals surface area contributed by atoms with Crippen molar-refractivity contribution in [3.63, 3.8) is 0 Å². The molecule has 92 valence electrons. The zero-order chi connectivity index (χ0) is 11.6. The number of nitrogens with one attached hydrogen (secondary N) is 1. The predicted octanol–water partition coefficient (Wildman–Crippen LogP) is 1.84. The van der Waals surface area contributed by atoms with Crippen LogP contribution in [-0.4, -0.2) is 23.7 Å². The number of aliphatic hydroxyl groups excluding tert-OH is 1. The number of carbonyl (C=O) groups is 1. The van der Waals surface area contributed by atoms with Crippen molar-refractivity contribution in [2.45, 2.75) is 57.9 Å². The van der Waals surface area contributed by atoms with Crippen molar-refractivity contribution in [2.24, 2.45) is 11.3 Å². The fraction of sp³-hybridized carbons (Fsp3) is 0.923. The van der Waals surface area contributed by atoms with Gasteiger partial charge in [0.25, 0.3) is 0 Å². The van der Waals surface area contributed by atoms with Gasteiger partial charge in [0.1, 0.15) is 0 Å². The lowest BCUT2D eigenvalue weighted by Gasteiger charge is -2.27. The van der Waals surface area contributed by atoms with Crippen LogP contribution in [0.2, 0.25) is 0 Å². The number of hydrogen-bond acceptors (Lipinski definition) is 2. The topological polar surface area (TPSA) is 49.3 Å². The summed E-state index contributed by atoms with van der Waals surface area (Å²) in [5, 5.41) is 12.4. The molecule has 0 aromatic carbocycles. The van der Waals surface area contributed by atoms with E-state index in [4.69, 9.17) is 0 Å². The van der Waals surface area contributed by atoms with Crippen LogP contribution in [0.25, 0.3) is 0 Å². The van der Waals surface area contributed by atoms with Crippen LogP contribution in [0.15, 0.2) is 0 Å². The van der Waals surface area contributed by atoms with E-state index in [2.05, 4.69) is 12.2 Å². The molecule has 1 amide bonds. The number of amides is 1. The molecular formula is C13H23NO2. The van der Waals surface area contributed by atoms with Gasteiger partial charge in [0.15, 0.2) is 0 Å². The molecule has 2 saturated carbocycles. The Morgan fingerprint density at radius 1 is 1.31 bits per heavy atom. The molecule has 2 aliphatic rings. The van der Waals surface area contributed by atoms with Gasteiger partial charge in [0.05, 0.1) is 0 Å². The Morgan fingerprint density at radius 3 is 2.62 bits per heavy atom. The first kappa shape index (κ1) is 11.9. The summed E-state index contributed by atoms with van der Waals surface area (Å²) >= 11 is 0. The van der Waals surface area contributed by atoms with Crippen molar-refractivity contribution >= 4 is 5.91 Å². The third-order valence-corrected chi connectivity index (χ3v) is 4.47. The Hall–Kier alpha value is -0.570. The van der Waals surface area contributed by atoms with E-state index in [-0.39, 0.29) is 29.9 Å². The fourth-order valence-corrected chi connectivity index (χ4v) is 3.17. The van der Waals surface area contributed by atoms with Gasteiger partial charge in [0, 0.05) is 24.0 Å². The highest BCUT2D eigenvalue weighted by molar-refractivity contribution is 5.82. The van der Waals surface area contributed by atoms with Gasteiger partial charge < -0.3 is 10.4 Å². The van der Waals surface area contributed by atoms with Crippen molar-refractivity contribution in [1.82, 2.24) is 5.32 Å². The summed E-state index contributed by atoms with van der Waals surface area (Å²) < 4.78 is 0. The molecule has 0 spiro atoms. The summed E-state index contributed by atoms with van der Waals surface area (Å²) in [6.45, 7) is 2.29. The monoisotopic (exact) mass is 225 g/mol. The maximum Gasteiger partial charge on any atom is 0.226 e. The third-order valence-electron chi connectivity index (χ3n) is 4.47. The summed E-state index contributed by atoms with van der Waals surface area (Å²) in [5.41, 5.74) is -0.136. The molecule has 2 atom stereocenters. The third kappa shape index (κ3) is 2.24. The summed E-state index contributed by atoms with van der Waals surface area (Å²) in [4.78, 5) is 12.2. The van der Waals surface area contributed by atoms with Gasteiger partial charge in [-0.2, -0.15) is 0 Å². The van der Waals surface area contributed by atoms with Crippen molar-refractivity contribution in [3.8, 4) is 0 Å². The van der Waals surface area contributed by atoms with E-state index in [1.807, 2.05) is 0 Å². The number of hydrogen-bond donors (Lipinski definition) is 2. The predicted molar refractivity (Wildman–Crippen MR) is 62.9 cm³/mol. The largest absolute Gasteiger partial charge is 0.396 e. The van der Waals surface area contributed by atoms with Crippen LogP contribution in [0.3, 0.4) is 0 Å². The standard InChI is InChI=1S/C13H23NO2/c1-13(7-2-3-8-13)12(16)14-11-6-4-5-10(11)9-15/h10-11,15H,2-9H2,1H3,(H,14,16). The lowest BCUT2D eigenvalue weighted by molar-refractivity contribution is -0.131. The average molecular weight is 225 g/mol. The van der Waals surface area contributed by atoms with Gasteiger partial charge >= 0.3 is 0 Å². The molecule has 3 nitrogen and oxygen atoms in total. The van der Waals surface area contributed by atoms with Gasteiger partial charge in [-0.1, -0.05) is 26.2 Å². The summed E-state index contributed by atoms with van der Waals surface area (Å²) in [6.07, 6.45) is 7.62. The molecule has 0 heterocycles. The van der Waals surface area contributed by atoms with E-state index >= 15 is 0 Å². The first-order chi connectivity index (χ1) is 7.65. The zero-order valence-electron chi connectivity index (χ0n) is 10.2. The van der Waals surface area contributed by atoms with Gasteiger partial charge in [-0.05, 0) is 25.7 Å². The van der Waals surface area contributed by atoms with Gasteiger partial charge in [0.2, 0.25) is 5.91 Å². The molecule has 2 aliphatic carbocycles. The van der Waals surface area contributed by atoms with Crippen LogP contribution in [0.5, 0.6) is 0 Å². The Kier molecular flexibility index (Phi) is 3.53. The van der Waals surface area contributed by atoms with Crippen molar-refractivity contribution in [2.75, 3.05) is 6.61 Å². The second kappa shape index (κ2) is 4.74. The van der Waals surface area contributed by atoms with Crippen molar-refractivity contribution in [3.05, 3.63) is 0 Å². The Balaban J connectivity index is 1.91. The molecule has 0 aromatic heterocycles. The number of aliphatic hydroxyl groups is 1. The van der Waals surface area contributed by atoms with Crippen molar-refractivity contribution < 1.29 is 9.90 Å². The molecule has 0 aliphatic heterocycles. The molecule has 0 aromatic rings. The summed E-state index contributed by atoms with van der Waals surface area (Å²) in [6, 6.07) is 0.218. The summed E-state index contributed by atoms with van der Waals surface area (Å²) in [7, 11) is 0. The van der Waals surface area contributed by atoms with E-state index in [0.29, 0.717) is 0 Å². The highest BCUT2D eigenvalue weighted by Gasteiger charge is 2.38. The smallest absolute Gasteiger partial charge is 0.226 e.